The molecule has 0 fully saturated rings. The molecule has 0 aliphatic rings. The molecule has 0 radical (unpaired) electrons. The number of rotatable bonds is 1. The summed E-state index contributed by atoms with van der Waals surface area (Å²) in [5.41, 5.74) is 7.94. The maximum absolute atomic E-state index is 11.2. The molecule has 0 saturated heterocycles. The molecule has 1 aromatic heterocycles. The van der Waals surface area contributed by atoms with Crippen LogP contribution in [0.25, 0.3) is 11.3 Å². The van der Waals surface area contributed by atoms with E-state index >= 15 is 0 Å². The average Bonchev–Trinajstić information content (AvgIpc) is 2.15. The van der Waals surface area contributed by atoms with E-state index in [-0.39, 0.29) is 5.69 Å². The molecule has 5 heteroatoms. The van der Waals surface area contributed by atoms with E-state index in [4.69, 9.17) is 17.3 Å². The van der Waals surface area contributed by atoms with Crippen LogP contribution in [0.3, 0.4) is 0 Å². The molecule has 1 heterocycles. The highest BCUT2D eigenvalue weighted by atomic mass is 35.5. The van der Waals surface area contributed by atoms with Crippen LogP contribution in [-0.4, -0.2) is 9.97 Å². The average molecular weight is 236 g/mol. The molecule has 1 aromatic carbocycles. The lowest BCUT2D eigenvalue weighted by atomic mass is 10.1. The van der Waals surface area contributed by atoms with Crippen LogP contribution in [0.15, 0.2) is 29.1 Å². The van der Waals surface area contributed by atoms with Crippen LogP contribution < -0.4 is 11.4 Å². The number of aromatic nitrogens is 2. The third-order valence-electron chi connectivity index (χ3n) is 2.17. The van der Waals surface area contributed by atoms with Crippen molar-refractivity contribution < 1.29 is 0 Å². The van der Waals surface area contributed by atoms with Gasteiger partial charge in [-0.2, -0.15) is 4.98 Å². The minimum absolute atomic E-state index is 0.385. The zero-order valence-corrected chi connectivity index (χ0v) is 9.38. The predicted octanol–water partition coefficient (Wildman–Crippen LogP) is 1.98. The van der Waals surface area contributed by atoms with Crippen molar-refractivity contribution >= 4 is 17.3 Å². The van der Waals surface area contributed by atoms with Gasteiger partial charge in [-0.3, -0.25) is 0 Å². The number of H-pyrrole nitrogens is 1. The third-order valence-corrected chi connectivity index (χ3v) is 2.40. The summed E-state index contributed by atoms with van der Waals surface area (Å²) in [6.07, 6.45) is 0. The number of nitrogens with one attached hydrogen (secondary N) is 1. The molecule has 0 amide bonds. The number of aryl methyl sites for hydroxylation is 1. The zero-order valence-electron chi connectivity index (χ0n) is 8.62. The third kappa shape index (κ3) is 2.06. The first-order valence-corrected chi connectivity index (χ1v) is 5.07. The Morgan fingerprint density at radius 3 is 2.75 bits per heavy atom. The number of halogens is 1. The van der Waals surface area contributed by atoms with Crippen molar-refractivity contribution in [3.8, 4) is 11.3 Å². The maximum Gasteiger partial charge on any atom is 0.345 e. The number of nitrogens with two attached hydrogens (primary N) is 1. The summed E-state index contributed by atoms with van der Waals surface area (Å²) in [6.45, 7) is 1.79. The first-order chi connectivity index (χ1) is 7.56. The lowest BCUT2D eigenvalue weighted by Crippen LogP contribution is -2.12. The van der Waals surface area contributed by atoms with Gasteiger partial charge >= 0.3 is 5.69 Å². The molecule has 0 aliphatic carbocycles. The van der Waals surface area contributed by atoms with E-state index in [1.54, 1.807) is 31.2 Å². The SMILES string of the molecule is Cc1cc(-c2ccc(Cl)cc2N)nc(=O)[nH]1. The maximum atomic E-state index is 11.2. The van der Waals surface area contributed by atoms with E-state index in [2.05, 4.69) is 9.97 Å². The van der Waals surface area contributed by atoms with Crippen molar-refractivity contribution in [1.82, 2.24) is 9.97 Å². The van der Waals surface area contributed by atoms with Crippen LogP contribution in [-0.2, 0) is 0 Å². The molecule has 0 atom stereocenters. The van der Waals surface area contributed by atoms with Crippen molar-refractivity contribution in [2.24, 2.45) is 0 Å². The smallest absolute Gasteiger partial charge is 0.345 e. The Hall–Kier alpha value is -1.81. The number of hydrogen-bond donors (Lipinski definition) is 2. The highest BCUT2D eigenvalue weighted by Crippen LogP contribution is 2.26. The fraction of sp³-hybridized carbons (Fsp3) is 0.0909. The summed E-state index contributed by atoms with van der Waals surface area (Å²) in [7, 11) is 0. The second kappa shape index (κ2) is 3.98. The van der Waals surface area contributed by atoms with Gasteiger partial charge in [-0.1, -0.05) is 11.6 Å². The van der Waals surface area contributed by atoms with Crippen LogP contribution >= 0.6 is 11.6 Å². The van der Waals surface area contributed by atoms with Crippen LogP contribution in [0, 0.1) is 6.92 Å². The van der Waals surface area contributed by atoms with E-state index in [1.807, 2.05) is 0 Å². The molecule has 0 aliphatic heterocycles. The number of nitrogens with zero attached hydrogens (tertiary/aromatic N) is 1. The summed E-state index contributed by atoms with van der Waals surface area (Å²) in [5, 5.41) is 0.558. The summed E-state index contributed by atoms with van der Waals surface area (Å²) in [6, 6.07) is 6.86. The molecule has 0 spiro atoms. The monoisotopic (exact) mass is 235 g/mol. The Labute approximate surface area is 97.1 Å². The minimum atomic E-state index is -0.385. The lowest BCUT2D eigenvalue weighted by molar-refractivity contribution is 1.03. The molecular weight excluding hydrogens is 226 g/mol. The number of benzene rings is 1. The van der Waals surface area contributed by atoms with Crippen molar-refractivity contribution in [1.29, 1.82) is 0 Å². The largest absolute Gasteiger partial charge is 0.398 e. The zero-order chi connectivity index (χ0) is 11.7. The first kappa shape index (κ1) is 10.7. The number of aromatic amines is 1. The predicted molar refractivity (Wildman–Crippen MR) is 64.5 cm³/mol. The van der Waals surface area contributed by atoms with Gasteiger partial charge < -0.3 is 10.7 Å². The molecule has 0 bridgehead atoms. The van der Waals surface area contributed by atoms with Gasteiger partial charge in [-0.05, 0) is 31.2 Å². The summed E-state index contributed by atoms with van der Waals surface area (Å²) in [5.74, 6) is 0. The van der Waals surface area contributed by atoms with Gasteiger partial charge in [-0.25, -0.2) is 4.79 Å². The second-order valence-corrected chi connectivity index (χ2v) is 3.92. The molecule has 4 nitrogen and oxygen atoms in total. The Morgan fingerprint density at radius 1 is 1.38 bits per heavy atom. The molecule has 0 saturated carbocycles. The van der Waals surface area contributed by atoms with Crippen LogP contribution in [0.5, 0.6) is 0 Å². The fourth-order valence-electron chi connectivity index (χ4n) is 1.48. The van der Waals surface area contributed by atoms with E-state index in [0.29, 0.717) is 22.0 Å². The Morgan fingerprint density at radius 2 is 2.12 bits per heavy atom. The van der Waals surface area contributed by atoms with Crippen molar-refractivity contribution in [2.75, 3.05) is 5.73 Å². The van der Waals surface area contributed by atoms with Crippen LogP contribution in [0.1, 0.15) is 5.69 Å². The Kier molecular flexibility index (Phi) is 2.66. The molecule has 2 rings (SSSR count). The lowest BCUT2D eigenvalue weighted by Gasteiger charge is -2.05. The molecule has 16 heavy (non-hydrogen) atoms. The summed E-state index contributed by atoms with van der Waals surface area (Å²) < 4.78 is 0. The second-order valence-electron chi connectivity index (χ2n) is 3.49. The Balaban J connectivity index is 2.63. The van der Waals surface area contributed by atoms with E-state index in [9.17, 15) is 4.79 Å². The molecule has 82 valence electrons. The van der Waals surface area contributed by atoms with Gasteiger partial charge in [-0.15, -0.1) is 0 Å². The van der Waals surface area contributed by atoms with Gasteiger partial charge in [0, 0.05) is 22.0 Å². The standard InChI is InChI=1S/C11H10ClN3O/c1-6-4-10(15-11(16)14-6)8-3-2-7(12)5-9(8)13/h2-5H,13H2,1H3,(H,14,15,16). The summed E-state index contributed by atoms with van der Waals surface area (Å²) >= 11 is 5.80. The highest BCUT2D eigenvalue weighted by molar-refractivity contribution is 6.31. The van der Waals surface area contributed by atoms with Crippen molar-refractivity contribution in [2.45, 2.75) is 6.92 Å². The molecule has 2 aromatic rings. The van der Waals surface area contributed by atoms with Crippen molar-refractivity contribution in [3.63, 3.8) is 0 Å². The number of anilines is 1. The van der Waals surface area contributed by atoms with Gasteiger partial charge in [0.2, 0.25) is 0 Å². The first-order valence-electron chi connectivity index (χ1n) is 4.69. The number of hydrogen-bond acceptors (Lipinski definition) is 3. The summed E-state index contributed by atoms with van der Waals surface area (Å²) in [4.78, 5) is 17.7. The quantitative estimate of drug-likeness (QED) is 0.743. The van der Waals surface area contributed by atoms with E-state index in [0.717, 1.165) is 5.69 Å². The number of nitrogen functional groups attached to an aromatic ring is 1. The fourth-order valence-corrected chi connectivity index (χ4v) is 1.66. The van der Waals surface area contributed by atoms with Crippen molar-refractivity contribution in [3.05, 3.63) is 45.5 Å². The van der Waals surface area contributed by atoms with Crippen LogP contribution in [0.4, 0.5) is 5.69 Å². The normalized spacial score (nSPS) is 10.4. The van der Waals surface area contributed by atoms with Gasteiger partial charge in [0.05, 0.1) is 5.69 Å². The minimum Gasteiger partial charge on any atom is -0.398 e. The topological polar surface area (TPSA) is 71.8 Å². The van der Waals surface area contributed by atoms with E-state index < -0.39 is 0 Å². The van der Waals surface area contributed by atoms with Gasteiger partial charge in [0.25, 0.3) is 0 Å². The van der Waals surface area contributed by atoms with Gasteiger partial charge in [0.1, 0.15) is 0 Å². The van der Waals surface area contributed by atoms with Gasteiger partial charge in [0.15, 0.2) is 0 Å². The Bertz CT molecular complexity index is 592. The highest BCUT2D eigenvalue weighted by Gasteiger charge is 2.06. The molecular formula is C11H10ClN3O. The molecule has 0 unspecified atom stereocenters. The van der Waals surface area contributed by atoms with E-state index in [1.165, 1.54) is 0 Å². The molecule has 3 N–H and O–H groups in total. The van der Waals surface area contributed by atoms with Crippen LogP contribution in [0.2, 0.25) is 5.02 Å².